The molecule has 14 heteroatoms. The van der Waals surface area contributed by atoms with Crippen molar-refractivity contribution in [3.63, 3.8) is 0 Å². The van der Waals surface area contributed by atoms with Crippen LogP contribution < -0.4 is 69.3 Å². The van der Waals surface area contributed by atoms with Crippen LogP contribution in [-0.4, -0.2) is 72.4 Å². The minimum atomic E-state index is -5.31. The molecular weight excluding hydrogens is 398 g/mol. The molecule has 0 amide bonds. The van der Waals surface area contributed by atoms with Crippen LogP contribution in [0, 0.1) is 0 Å². The van der Waals surface area contributed by atoms with E-state index < -0.39 is 64.1 Å². The van der Waals surface area contributed by atoms with Gasteiger partial charge in [-0.3, -0.25) is 4.55 Å². The normalized spacial score (nSPS) is 22.2. The topological polar surface area (TPSA) is 194 Å². The Morgan fingerprint density at radius 3 is 2.08 bits per heavy atom. The summed E-state index contributed by atoms with van der Waals surface area (Å²) in [5.41, 5.74) is -4.15. The summed E-state index contributed by atoms with van der Waals surface area (Å²) >= 11 is 0. The summed E-state index contributed by atoms with van der Waals surface area (Å²) in [6.45, 7) is -2.34. The Balaban J connectivity index is 0. The molecule has 1 rings (SSSR count). The summed E-state index contributed by atoms with van der Waals surface area (Å²) in [5.74, 6) is -4.77. The first-order chi connectivity index (χ1) is 11.1. The quantitative estimate of drug-likeness (QED) is 0.240. The average molecular weight is 412 g/mol. The van der Waals surface area contributed by atoms with Gasteiger partial charge in [-0.05, 0) is 12.2 Å². The second-order valence-corrected chi connectivity index (χ2v) is 6.05. The number of aliphatic hydroxyl groups excluding tert-OH is 2. The van der Waals surface area contributed by atoms with Crippen LogP contribution in [-0.2, 0) is 29.2 Å². The van der Waals surface area contributed by atoms with E-state index in [4.69, 9.17) is 19.7 Å². The smallest absolute Gasteiger partial charge is 0.547 e. The fraction of sp³-hybridized carbons (Fsp3) is 0.500. The minimum absolute atomic E-state index is 0. The van der Waals surface area contributed by atoms with E-state index in [2.05, 4.69) is 0 Å². The van der Waals surface area contributed by atoms with Crippen molar-refractivity contribution in [1.82, 2.24) is 0 Å². The molecule has 0 fully saturated rings. The minimum Gasteiger partial charge on any atom is -0.547 e. The second kappa shape index (κ2) is 11.8. The molecule has 0 saturated heterocycles. The molecule has 1 aliphatic rings. The molecule has 0 aromatic heterocycles. The molecule has 0 radical (unpaired) electrons. The first-order valence-electron chi connectivity index (χ1n) is 6.42. The predicted octanol–water partition coefficient (Wildman–Crippen LogP) is -10.7. The molecule has 2 unspecified atom stereocenters. The Morgan fingerprint density at radius 2 is 1.69 bits per heavy atom. The van der Waals surface area contributed by atoms with Crippen molar-refractivity contribution in [2.24, 2.45) is 0 Å². The van der Waals surface area contributed by atoms with Gasteiger partial charge in [-0.2, -0.15) is 8.42 Å². The maximum atomic E-state index is 11.6. The standard InChI is InChI=1S/C12H16O11S.2Na/c13-1-3-22-7-5-8(10(15)16)9(24(19,20)21)12(6-7,11(17)18)23-4-2-14;;/h5-6,9,13-14H,1-4H2,(H,15,16)(H,17,18)(H,19,20,21);;/q;2*+1/p-2. The van der Waals surface area contributed by atoms with Crippen molar-refractivity contribution < 1.29 is 112 Å². The van der Waals surface area contributed by atoms with E-state index in [9.17, 15) is 32.8 Å². The number of carboxylic acids is 2. The van der Waals surface area contributed by atoms with Gasteiger partial charge in [-0.25, -0.2) is 0 Å². The fourth-order valence-corrected chi connectivity index (χ4v) is 3.30. The number of allylic oxidation sites excluding steroid dienone is 1. The second-order valence-electron chi connectivity index (χ2n) is 4.55. The number of carbonyl (C=O) groups is 2. The third kappa shape index (κ3) is 6.56. The van der Waals surface area contributed by atoms with Crippen LogP contribution in [0.25, 0.3) is 0 Å². The molecule has 1 aliphatic carbocycles. The first-order valence-corrected chi connectivity index (χ1v) is 7.92. The summed E-state index contributed by atoms with van der Waals surface area (Å²) in [6, 6.07) is 0. The molecule has 26 heavy (non-hydrogen) atoms. The molecular formula is C12H14Na2O11S. The van der Waals surface area contributed by atoms with Crippen LogP contribution >= 0.6 is 0 Å². The van der Waals surface area contributed by atoms with Crippen molar-refractivity contribution in [1.29, 1.82) is 0 Å². The van der Waals surface area contributed by atoms with Crippen molar-refractivity contribution >= 4 is 22.1 Å². The van der Waals surface area contributed by atoms with Gasteiger partial charge in [-0.15, -0.1) is 0 Å². The van der Waals surface area contributed by atoms with Gasteiger partial charge >= 0.3 is 59.1 Å². The van der Waals surface area contributed by atoms with E-state index in [0.29, 0.717) is 12.2 Å². The number of hydrogen-bond donors (Lipinski definition) is 3. The third-order valence-corrected chi connectivity index (χ3v) is 4.17. The number of aliphatic hydroxyl groups is 2. The molecule has 2 atom stereocenters. The summed E-state index contributed by atoms with van der Waals surface area (Å²) < 4.78 is 42.2. The summed E-state index contributed by atoms with van der Waals surface area (Å²) in [6.07, 6.45) is 1.19. The molecule has 0 spiro atoms. The number of aliphatic carboxylic acids is 2. The van der Waals surface area contributed by atoms with E-state index in [1.54, 1.807) is 0 Å². The van der Waals surface area contributed by atoms with Crippen LogP contribution in [0.5, 0.6) is 0 Å². The number of carbonyl (C=O) groups excluding carboxylic acids is 2. The summed E-state index contributed by atoms with van der Waals surface area (Å²) in [4.78, 5) is 22.8. The van der Waals surface area contributed by atoms with Crippen molar-refractivity contribution in [2.75, 3.05) is 26.4 Å². The van der Waals surface area contributed by atoms with Gasteiger partial charge in [0.05, 0.1) is 31.8 Å². The van der Waals surface area contributed by atoms with Crippen LogP contribution in [0.2, 0.25) is 0 Å². The van der Waals surface area contributed by atoms with Crippen molar-refractivity contribution in [3.8, 4) is 0 Å². The molecule has 0 aromatic carbocycles. The van der Waals surface area contributed by atoms with E-state index >= 15 is 0 Å². The summed E-state index contributed by atoms with van der Waals surface area (Å²) in [5, 5.41) is 37.6. The molecule has 136 valence electrons. The van der Waals surface area contributed by atoms with Gasteiger partial charge in [-0.1, -0.05) is 0 Å². The maximum absolute atomic E-state index is 11.6. The van der Waals surface area contributed by atoms with Gasteiger partial charge in [0.15, 0.2) is 10.9 Å². The maximum Gasteiger partial charge on any atom is 1.00 e. The number of carboxylic acid groups (broad SMARTS) is 2. The van der Waals surface area contributed by atoms with Gasteiger partial charge in [0.2, 0.25) is 0 Å². The van der Waals surface area contributed by atoms with Crippen LogP contribution in [0.1, 0.15) is 0 Å². The van der Waals surface area contributed by atoms with Crippen molar-refractivity contribution in [2.45, 2.75) is 10.9 Å². The monoisotopic (exact) mass is 412 g/mol. The molecule has 0 heterocycles. The number of hydrogen-bond acceptors (Lipinski definition) is 10. The third-order valence-electron chi connectivity index (χ3n) is 2.97. The SMILES string of the molecule is O=C([O-])C1=CC(OCCO)=CC(OCCO)(C(=O)[O-])C1S(=O)(=O)O.[Na+].[Na+]. The van der Waals surface area contributed by atoms with Gasteiger partial charge in [0, 0.05) is 5.57 Å². The Bertz CT molecular complexity index is 673. The van der Waals surface area contributed by atoms with Crippen LogP contribution in [0.3, 0.4) is 0 Å². The Labute approximate surface area is 193 Å². The Kier molecular flexibility index (Phi) is 12.8. The van der Waals surface area contributed by atoms with E-state index in [0.717, 1.165) is 0 Å². The van der Waals surface area contributed by atoms with E-state index in [1.165, 1.54) is 0 Å². The van der Waals surface area contributed by atoms with Gasteiger partial charge in [0.1, 0.15) is 12.4 Å². The molecule has 3 N–H and O–H groups in total. The fourth-order valence-electron chi connectivity index (χ4n) is 2.14. The van der Waals surface area contributed by atoms with Crippen LogP contribution in [0.15, 0.2) is 23.5 Å². The molecule has 0 aromatic rings. The summed E-state index contributed by atoms with van der Waals surface area (Å²) in [7, 11) is -5.31. The first kappa shape index (κ1) is 28.2. The average Bonchev–Trinajstić information content (AvgIpc) is 2.48. The Morgan fingerprint density at radius 1 is 1.15 bits per heavy atom. The molecule has 11 nitrogen and oxygen atoms in total. The zero-order chi connectivity index (χ0) is 18.5. The zero-order valence-corrected chi connectivity index (χ0v) is 18.9. The predicted molar refractivity (Wildman–Crippen MR) is 70.3 cm³/mol. The zero-order valence-electron chi connectivity index (χ0n) is 14.1. The van der Waals surface area contributed by atoms with Gasteiger partial charge in [0.25, 0.3) is 10.1 Å². The van der Waals surface area contributed by atoms with Crippen molar-refractivity contribution in [3.05, 3.63) is 23.5 Å². The largest absolute Gasteiger partial charge is 1.00 e. The molecule has 0 saturated carbocycles. The number of ether oxygens (including phenoxy) is 2. The molecule has 0 aliphatic heterocycles. The van der Waals surface area contributed by atoms with E-state index in [1.807, 2.05) is 0 Å². The molecule has 0 bridgehead atoms. The van der Waals surface area contributed by atoms with E-state index in [-0.39, 0.29) is 65.7 Å². The van der Waals surface area contributed by atoms with Crippen LogP contribution in [0.4, 0.5) is 0 Å². The van der Waals surface area contributed by atoms with Gasteiger partial charge < -0.3 is 39.5 Å². The number of rotatable bonds is 9. The Hall–Kier alpha value is 0.0100.